The van der Waals surface area contributed by atoms with E-state index in [9.17, 15) is 4.79 Å². The van der Waals surface area contributed by atoms with Crippen LogP contribution in [0.3, 0.4) is 0 Å². The summed E-state index contributed by atoms with van der Waals surface area (Å²) >= 11 is 0. The molecule has 1 N–H and O–H groups in total. The van der Waals surface area contributed by atoms with Crippen LogP contribution in [-0.4, -0.2) is 62.1 Å². The van der Waals surface area contributed by atoms with Gasteiger partial charge in [0, 0.05) is 54.0 Å². The van der Waals surface area contributed by atoms with Gasteiger partial charge in [-0.15, -0.1) is 0 Å². The number of ketones is 1. The number of Topliss-reactive ketones (excluding diaryl/α,β-unsaturated/α-hetero) is 1. The highest BCUT2D eigenvalue weighted by Gasteiger charge is 2.26. The number of piperazine rings is 1. The highest BCUT2D eigenvalue weighted by atomic mass is 16.5. The monoisotopic (exact) mass is 393 g/mol. The number of benzene rings is 2. The summed E-state index contributed by atoms with van der Waals surface area (Å²) in [6.07, 6.45) is 1.81. The second kappa shape index (κ2) is 8.17. The molecule has 29 heavy (non-hydrogen) atoms. The number of aromatic amines is 1. The van der Waals surface area contributed by atoms with Crippen molar-refractivity contribution in [1.82, 2.24) is 9.88 Å². The summed E-state index contributed by atoms with van der Waals surface area (Å²) in [7, 11) is 3.32. The van der Waals surface area contributed by atoms with E-state index in [0.29, 0.717) is 12.6 Å². The second-order valence-corrected chi connectivity index (χ2v) is 7.51. The van der Waals surface area contributed by atoms with Gasteiger partial charge in [-0.3, -0.25) is 9.69 Å². The van der Waals surface area contributed by atoms with Gasteiger partial charge < -0.3 is 19.4 Å². The molecule has 1 aliphatic rings. The fourth-order valence-electron chi connectivity index (χ4n) is 4.08. The van der Waals surface area contributed by atoms with E-state index in [4.69, 9.17) is 9.47 Å². The van der Waals surface area contributed by atoms with Crippen molar-refractivity contribution in [2.24, 2.45) is 0 Å². The molecule has 2 aromatic carbocycles. The third-order valence-corrected chi connectivity index (χ3v) is 5.67. The van der Waals surface area contributed by atoms with Crippen LogP contribution in [0.4, 0.5) is 5.69 Å². The van der Waals surface area contributed by atoms with Crippen molar-refractivity contribution in [3.63, 3.8) is 0 Å². The fraction of sp³-hybridized carbons (Fsp3) is 0.348. The van der Waals surface area contributed by atoms with E-state index in [1.54, 1.807) is 14.2 Å². The summed E-state index contributed by atoms with van der Waals surface area (Å²) in [6, 6.07) is 14.3. The lowest BCUT2D eigenvalue weighted by Gasteiger charge is -2.41. The predicted octanol–water partition coefficient (Wildman–Crippen LogP) is 3.58. The number of rotatable bonds is 6. The quantitative estimate of drug-likeness (QED) is 0.649. The van der Waals surface area contributed by atoms with Crippen molar-refractivity contribution in [2.45, 2.75) is 13.0 Å². The number of carbonyl (C=O) groups excluding carboxylic acids is 1. The lowest BCUT2D eigenvalue weighted by molar-refractivity contribution is 0.0919. The maximum Gasteiger partial charge on any atom is 0.178 e. The van der Waals surface area contributed by atoms with Gasteiger partial charge in [0.25, 0.3) is 0 Å². The lowest BCUT2D eigenvalue weighted by Crippen LogP contribution is -2.53. The minimum Gasteiger partial charge on any atom is -0.497 e. The number of hydrogen-bond donors (Lipinski definition) is 1. The zero-order valence-electron chi connectivity index (χ0n) is 17.1. The average molecular weight is 393 g/mol. The zero-order chi connectivity index (χ0) is 20.4. The third kappa shape index (κ3) is 3.93. The molecule has 0 bridgehead atoms. The molecular weight excluding hydrogens is 366 g/mol. The van der Waals surface area contributed by atoms with Gasteiger partial charge in [-0.05, 0) is 49.4 Å². The highest BCUT2D eigenvalue weighted by molar-refractivity contribution is 6.09. The summed E-state index contributed by atoms with van der Waals surface area (Å²) in [4.78, 5) is 20.8. The summed E-state index contributed by atoms with van der Waals surface area (Å²) in [5.74, 6) is 1.75. The van der Waals surface area contributed by atoms with E-state index in [1.165, 1.54) is 5.69 Å². The maximum absolute atomic E-state index is 13.0. The number of fused-ring (bicyclic) bond motifs is 1. The normalized spacial score (nSPS) is 17.5. The van der Waals surface area contributed by atoms with Crippen LogP contribution in [0.15, 0.2) is 48.7 Å². The topological polar surface area (TPSA) is 57.8 Å². The third-order valence-electron chi connectivity index (χ3n) is 5.67. The Hall–Kier alpha value is -2.99. The largest absolute Gasteiger partial charge is 0.497 e. The number of methoxy groups -OCH3 is 2. The van der Waals surface area contributed by atoms with Crippen molar-refractivity contribution in [2.75, 3.05) is 45.3 Å². The Morgan fingerprint density at radius 3 is 2.48 bits per heavy atom. The van der Waals surface area contributed by atoms with Crippen LogP contribution in [0.1, 0.15) is 17.3 Å². The highest BCUT2D eigenvalue weighted by Crippen LogP contribution is 2.26. The number of nitrogens with zero attached hydrogens (tertiary/aromatic N) is 2. The molecule has 1 aliphatic heterocycles. The van der Waals surface area contributed by atoms with E-state index in [1.807, 2.05) is 36.5 Å². The first-order valence-electron chi connectivity index (χ1n) is 9.90. The van der Waals surface area contributed by atoms with Crippen LogP contribution in [0.5, 0.6) is 11.5 Å². The lowest BCUT2D eigenvalue weighted by atomic mass is 10.1. The molecule has 1 fully saturated rings. The van der Waals surface area contributed by atoms with Gasteiger partial charge in [-0.25, -0.2) is 0 Å². The Morgan fingerprint density at radius 1 is 1.07 bits per heavy atom. The van der Waals surface area contributed by atoms with Crippen molar-refractivity contribution in [3.8, 4) is 11.5 Å². The summed E-state index contributed by atoms with van der Waals surface area (Å²) in [5.41, 5.74) is 2.86. The number of ether oxygens (including phenoxy) is 2. The van der Waals surface area contributed by atoms with E-state index < -0.39 is 0 Å². The van der Waals surface area contributed by atoms with Gasteiger partial charge in [0.2, 0.25) is 0 Å². The summed E-state index contributed by atoms with van der Waals surface area (Å²) in [6.45, 7) is 5.22. The molecule has 2 heterocycles. The molecular formula is C23H27N3O3. The van der Waals surface area contributed by atoms with Crippen molar-refractivity contribution < 1.29 is 14.3 Å². The minimum absolute atomic E-state index is 0.134. The molecule has 3 aromatic rings. The van der Waals surface area contributed by atoms with Crippen LogP contribution >= 0.6 is 0 Å². The molecule has 1 aromatic heterocycles. The van der Waals surface area contributed by atoms with Crippen LogP contribution < -0.4 is 14.4 Å². The van der Waals surface area contributed by atoms with Crippen LogP contribution in [0.2, 0.25) is 0 Å². The number of aromatic nitrogens is 1. The molecule has 0 saturated carbocycles. The van der Waals surface area contributed by atoms with Gasteiger partial charge in [-0.1, -0.05) is 0 Å². The predicted molar refractivity (Wildman–Crippen MR) is 115 cm³/mol. The number of nitrogens with one attached hydrogen (secondary N) is 1. The van der Waals surface area contributed by atoms with Gasteiger partial charge in [0.15, 0.2) is 5.78 Å². The van der Waals surface area contributed by atoms with Gasteiger partial charge in [-0.2, -0.15) is 0 Å². The van der Waals surface area contributed by atoms with Crippen LogP contribution in [0, 0.1) is 0 Å². The Morgan fingerprint density at radius 2 is 1.79 bits per heavy atom. The molecule has 0 aliphatic carbocycles. The van der Waals surface area contributed by atoms with Crippen molar-refractivity contribution in [3.05, 3.63) is 54.2 Å². The molecule has 6 heteroatoms. The van der Waals surface area contributed by atoms with E-state index in [-0.39, 0.29) is 5.78 Å². The Labute approximate surface area is 171 Å². The zero-order valence-corrected chi connectivity index (χ0v) is 17.1. The van der Waals surface area contributed by atoms with Crippen molar-refractivity contribution in [1.29, 1.82) is 0 Å². The molecule has 0 spiro atoms. The average Bonchev–Trinajstić information content (AvgIpc) is 3.17. The molecule has 1 atom stereocenters. The summed E-state index contributed by atoms with van der Waals surface area (Å²) < 4.78 is 10.6. The molecule has 0 amide bonds. The first kappa shape index (κ1) is 19.3. The Bertz CT molecular complexity index is 996. The molecule has 152 valence electrons. The minimum atomic E-state index is 0.134. The van der Waals surface area contributed by atoms with Gasteiger partial charge in [0.05, 0.1) is 20.8 Å². The van der Waals surface area contributed by atoms with Crippen molar-refractivity contribution >= 4 is 22.4 Å². The fourth-order valence-corrected chi connectivity index (χ4v) is 4.08. The first-order valence-corrected chi connectivity index (χ1v) is 9.90. The smallest absolute Gasteiger partial charge is 0.178 e. The van der Waals surface area contributed by atoms with Crippen LogP contribution in [0.25, 0.3) is 10.9 Å². The van der Waals surface area contributed by atoms with E-state index in [2.05, 4.69) is 33.8 Å². The number of hydrogen-bond acceptors (Lipinski definition) is 5. The standard InChI is InChI=1S/C23H27N3O3/c1-16-14-25(10-11-26(16)17-4-6-18(28-2)7-5-17)15-23(27)21-13-24-22-9-8-19(29-3)12-20(21)22/h4-9,12-13,16,24H,10-11,14-15H2,1-3H3. The summed E-state index contributed by atoms with van der Waals surface area (Å²) in [5, 5.41) is 0.916. The Kier molecular flexibility index (Phi) is 5.45. The van der Waals surface area contributed by atoms with E-state index >= 15 is 0 Å². The van der Waals surface area contributed by atoms with Crippen LogP contribution in [-0.2, 0) is 0 Å². The van der Waals surface area contributed by atoms with Gasteiger partial charge in [0.1, 0.15) is 11.5 Å². The molecule has 0 radical (unpaired) electrons. The first-order chi connectivity index (χ1) is 14.1. The van der Waals surface area contributed by atoms with Gasteiger partial charge >= 0.3 is 0 Å². The molecule has 4 rings (SSSR count). The number of anilines is 1. The number of carbonyl (C=O) groups is 1. The molecule has 6 nitrogen and oxygen atoms in total. The second-order valence-electron chi connectivity index (χ2n) is 7.51. The SMILES string of the molecule is COc1ccc(N2CCN(CC(=O)c3c[nH]c4ccc(OC)cc34)CC2C)cc1. The number of H-pyrrole nitrogens is 1. The molecule has 1 unspecified atom stereocenters. The Balaban J connectivity index is 1.42. The molecule has 1 saturated heterocycles. The van der Waals surface area contributed by atoms with E-state index in [0.717, 1.165) is 47.6 Å². The maximum atomic E-state index is 13.0.